The summed E-state index contributed by atoms with van der Waals surface area (Å²) in [6.07, 6.45) is 2.07. The molecule has 1 aliphatic carbocycles. The summed E-state index contributed by atoms with van der Waals surface area (Å²) < 4.78 is 0. The van der Waals surface area contributed by atoms with Crippen molar-refractivity contribution in [3.63, 3.8) is 0 Å². The normalized spacial score (nSPS) is 20.4. The number of aliphatic carboxylic acids is 1. The first-order valence-electron chi connectivity index (χ1n) is 7.60. The average Bonchev–Trinajstić information content (AvgIpc) is 3.32. The van der Waals surface area contributed by atoms with Crippen LogP contribution in [0.5, 0.6) is 0 Å². The van der Waals surface area contributed by atoms with Crippen LogP contribution in [-0.2, 0) is 4.79 Å². The number of nitrogens with zero attached hydrogens (tertiary/aromatic N) is 1. The Hall–Kier alpha value is -1.53. The van der Waals surface area contributed by atoms with Gasteiger partial charge in [-0.1, -0.05) is 12.1 Å². The van der Waals surface area contributed by atoms with E-state index in [1.165, 1.54) is 0 Å². The van der Waals surface area contributed by atoms with Crippen LogP contribution in [0.4, 0.5) is 0 Å². The van der Waals surface area contributed by atoms with E-state index in [1.807, 2.05) is 16.7 Å². The number of carboxylic acids is 1. The zero-order chi connectivity index (χ0) is 15.5. The van der Waals surface area contributed by atoms with Crippen LogP contribution in [0.1, 0.15) is 34.8 Å². The molecular weight excluding hydrogens is 300 g/mol. The van der Waals surface area contributed by atoms with E-state index in [9.17, 15) is 14.7 Å². The predicted molar refractivity (Wildman–Crippen MR) is 86.2 cm³/mol. The molecule has 1 aromatic carbocycles. The van der Waals surface area contributed by atoms with Crippen molar-refractivity contribution in [2.75, 3.05) is 24.6 Å². The Morgan fingerprint density at radius 2 is 2.00 bits per heavy atom. The minimum Gasteiger partial charge on any atom is -0.480 e. The number of thioether (sulfide) groups is 1. The second kappa shape index (κ2) is 6.71. The second-order valence-corrected chi connectivity index (χ2v) is 6.99. The van der Waals surface area contributed by atoms with Crippen LogP contribution in [0.25, 0.3) is 0 Å². The number of carbonyl (C=O) groups is 2. The highest BCUT2D eigenvalue weighted by Gasteiger charge is 2.29. The SMILES string of the molecule is O=C(NC1CC1)c1cccc([C@@H](C(=O)O)N2CCSCC2)c1. The van der Waals surface area contributed by atoms with Gasteiger partial charge < -0.3 is 10.4 Å². The third-order valence-electron chi connectivity index (χ3n) is 4.02. The first-order valence-corrected chi connectivity index (χ1v) is 8.76. The maximum absolute atomic E-state index is 12.1. The topological polar surface area (TPSA) is 69.6 Å². The highest BCUT2D eigenvalue weighted by Crippen LogP contribution is 2.26. The van der Waals surface area contributed by atoms with Gasteiger partial charge in [0.25, 0.3) is 5.91 Å². The molecule has 1 atom stereocenters. The molecule has 1 aliphatic heterocycles. The molecule has 0 radical (unpaired) electrons. The van der Waals surface area contributed by atoms with Gasteiger partial charge in [-0.25, -0.2) is 0 Å². The van der Waals surface area contributed by atoms with Crippen molar-refractivity contribution in [1.82, 2.24) is 10.2 Å². The molecule has 1 heterocycles. The molecule has 2 fully saturated rings. The Balaban J connectivity index is 1.80. The van der Waals surface area contributed by atoms with Crippen LogP contribution in [0.15, 0.2) is 24.3 Å². The number of rotatable bonds is 5. The summed E-state index contributed by atoms with van der Waals surface area (Å²) in [5.74, 6) is 0.936. The monoisotopic (exact) mass is 320 g/mol. The number of hydrogen-bond acceptors (Lipinski definition) is 4. The highest BCUT2D eigenvalue weighted by molar-refractivity contribution is 7.99. The molecule has 3 rings (SSSR count). The Morgan fingerprint density at radius 3 is 2.64 bits per heavy atom. The molecule has 0 bridgehead atoms. The van der Waals surface area contributed by atoms with Gasteiger partial charge in [0, 0.05) is 36.2 Å². The minimum absolute atomic E-state index is 0.109. The maximum atomic E-state index is 12.1. The van der Waals surface area contributed by atoms with Gasteiger partial charge >= 0.3 is 5.97 Å². The van der Waals surface area contributed by atoms with Crippen LogP contribution in [0.3, 0.4) is 0 Å². The van der Waals surface area contributed by atoms with Crippen LogP contribution in [0, 0.1) is 0 Å². The van der Waals surface area contributed by atoms with Gasteiger partial charge in [-0.15, -0.1) is 0 Å². The number of benzene rings is 1. The molecule has 2 aliphatic rings. The number of amides is 1. The van der Waals surface area contributed by atoms with E-state index in [2.05, 4.69) is 5.32 Å². The zero-order valence-electron chi connectivity index (χ0n) is 12.3. The smallest absolute Gasteiger partial charge is 0.325 e. The summed E-state index contributed by atoms with van der Waals surface area (Å²) >= 11 is 1.85. The average molecular weight is 320 g/mol. The molecule has 1 amide bonds. The number of carbonyl (C=O) groups excluding carboxylic acids is 1. The van der Waals surface area contributed by atoms with E-state index in [-0.39, 0.29) is 5.91 Å². The molecule has 1 saturated carbocycles. The van der Waals surface area contributed by atoms with Gasteiger partial charge in [0.1, 0.15) is 6.04 Å². The summed E-state index contributed by atoms with van der Waals surface area (Å²) in [6, 6.07) is 6.66. The molecule has 0 unspecified atom stereocenters. The zero-order valence-corrected chi connectivity index (χ0v) is 13.1. The first kappa shape index (κ1) is 15.4. The lowest BCUT2D eigenvalue weighted by molar-refractivity contribution is -0.143. The minimum atomic E-state index is -0.855. The van der Waals surface area contributed by atoms with Gasteiger partial charge in [0.05, 0.1) is 0 Å². The third kappa shape index (κ3) is 3.62. The fourth-order valence-corrected chi connectivity index (χ4v) is 3.62. The van der Waals surface area contributed by atoms with Crippen molar-refractivity contribution in [2.24, 2.45) is 0 Å². The van der Waals surface area contributed by atoms with Crippen LogP contribution >= 0.6 is 11.8 Å². The lowest BCUT2D eigenvalue weighted by Gasteiger charge is -2.32. The summed E-state index contributed by atoms with van der Waals surface area (Å²) in [5, 5.41) is 12.6. The molecule has 6 heteroatoms. The fraction of sp³-hybridized carbons (Fsp3) is 0.500. The second-order valence-electron chi connectivity index (χ2n) is 5.76. The van der Waals surface area contributed by atoms with E-state index in [1.54, 1.807) is 24.3 Å². The molecule has 1 aromatic rings. The van der Waals surface area contributed by atoms with Crippen molar-refractivity contribution in [2.45, 2.75) is 24.9 Å². The number of nitrogens with one attached hydrogen (secondary N) is 1. The van der Waals surface area contributed by atoms with Gasteiger partial charge in [0.2, 0.25) is 0 Å². The Morgan fingerprint density at radius 1 is 1.27 bits per heavy atom. The molecular formula is C16H20N2O3S. The van der Waals surface area contributed by atoms with Crippen molar-refractivity contribution in [3.8, 4) is 0 Å². The van der Waals surface area contributed by atoms with Crippen LogP contribution in [-0.4, -0.2) is 52.5 Å². The quantitative estimate of drug-likeness (QED) is 0.865. The molecule has 118 valence electrons. The van der Waals surface area contributed by atoms with E-state index >= 15 is 0 Å². The summed E-state index contributed by atoms with van der Waals surface area (Å²) in [5.41, 5.74) is 1.23. The highest BCUT2D eigenvalue weighted by atomic mass is 32.2. The standard InChI is InChI=1S/C16H20N2O3S/c19-15(17-13-4-5-13)12-3-1-2-11(10-12)14(16(20)21)18-6-8-22-9-7-18/h1-3,10,13-14H,4-9H2,(H,17,19)(H,20,21)/t14-/m0/s1. The van der Waals surface area contributed by atoms with Crippen molar-refractivity contribution in [1.29, 1.82) is 0 Å². The number of hydrogen-bond donors (Lipinski definition) is 2. The van der Waals surface area contributed by atoms with E-state index in [4.69, 9.17) is 0 Å². The third-order valence-corrected chi connectivity index (χ3v) is 4.96. The predicted octanol–water partition coefficient (Wildman–Crippen LogP) is 1.75. The molecule has 0 spiro atoms. The van der Waals surface area contributed by atoms with Gasteiger partial charge in [0.15, 0.2) is 0 Å². The molecule has 2 N–H and O–H groups in total. The van der Waals surface area contributed by atoms with Crippen molar-refractivity contribution < 1.29 is 14.7 Å². The summed E-state index contributed by atoms with van der Waals surface area (Å²) in [4.78, 5) is 25.8. The van der Waals surface area contributed by atoms with E-state index in [0.717, 1.165) is 37.4 Å². The van der Waals surface area contributed by atoms with Crippen LogP contribution in [0.2, 0.25) is 0 Å². The Labute approximate surface area is 134 Å². The Bertz CT molecular complexity index is 568. The van der Waals surface area contributed by atoms with Crippen LogP contribution < -0.4 is 5.32 Å². The Kier molecular flexibility index (Phi) is 4.69. The first-order chi connectivity index (χ1) is 10.6. The van der Waals surface area contributed by atoms with Crippen molar-refractivity contribution >= 4 is 23.6 Å². The molecule has 1 saturated heterocycles. The largest absolute Gasteiger partial charge is 0.480 e. The maximum Gasteiger partial charge on any atom is 0.325 e. The molecule has 5 nitrogen and oxygen atoms in total. The lowest BCUT2D eigenvalue weighted by Crippen LogP contribution is -2.39. The summed E-state index contributed by atoms with van der Waals surface area (Å²) in [6.45, 7) is 1.53. The lowest BCUT2D eigenvalue weighted by atomic mass is 10.0. The molecule has 22 heavy (non-hydrogen) atoms. The van der Waals surface area contributed by atoms with Gasteiger partial charge in [-0.2, -0.15) is 11.8 Å². The number of carboxylic acid groups (broad SMARTS) is 1. The van der Waals surface area contributed by atoms with Gasteiger partial charge in [-0.3, -0.25) is 14.5 Å². The van der Waals surface area contributed by atoms with E-state index in [0.29, 0.717) is 17.2 Å². The van der Waals surface area contributed by atoms with Crippen molar-refractivity contribution in [3.05, 3.63) is 35.4 Å². The fourth-order valence-electron chi connectivity index (χ4n) is 2.69. The van der Waals surface area contributed by atoms with Gasteiger partial charge in [-0.05, 0) is 30.5 Å². The molecule has 0 aromatic heterocycles. The summed E-state index contributed by atoms with van der Waals surface area (Å²) in [7, 11) is 0. The van der Waals surface area contributed by atoms with E-state index < -0.39 is 12.0 Å².